The van der Waals surface area contributed by atoms with Crippen molar-refractivity contribution in [2.24, 2.45) is 0 Å². The third kappa shape index (κ3) is 5.07. The first kappa shape index (κ1) is 22.6. The maximum Gasteiger partial charge on any atom is 0.0677 e. The molecule has 32 heavy (non-hydrogen) atoms. The molecule has 3 aromatic carbocycles. The van der Waals surface area contributed by atoms with E-state index in [-0.39, 0.29) is 0 Å². The van der Waals surface area contributed by atoms with Crippen molar-refractivity contribution in [3.63, 3.8) is 0 Å². The molecule has 2 heteroatoms. The quantitative estimate of drug-likeness (QED) is 0.219. The maximum atomic E-state index is 3.87. The molecule has 0 aliphatic rings. The predicted octanol–water partition coefficient (Wildman–Crippen LogP) is 9.31. The highest BCUT2D eigenvalue weighted by Crippen LogP contribution is 2.39. The average Bonchev–Trinajstić information content (AvgIpc) is 3.15. The number of benzene rings is 3. The number of aromatic nitrogens is 1. The van der Waals surface area contributed by atoms with Crippen LogP contribution in [0.25, 0.3) is 28.2 Å². The van der Waals surface area contributed by atoms with Crippen LogP contribution < -0.4 is 0 Å². The lowest BCUT2D eigenvalue weighted by Gasteiger charge is -2.16. The van der Waals surface area contributed by atoms with Crippen LogP contribution in [0.5, 0.6) is 0 Å². The summed E-state index contributed by atoms with van der Waals surface area (Å²) < 4.78 is 3.50. The first-order valence-corrected chi connectivity index (χ1v) is 12.5. The Hall–Kier alpha value is -2.58. The van der Waals surface area contributed by atoms with E-state index < -0.39 is 0 Å². The molecule has 1 heterocycles. The van der Waals surface area contributed by atoms with Crippen molar-refractivity contribution in [3.05, 3.63) is 100 Å². The highest BCUT2D eigenvalue weighted by atomic mass is 79.9. The monoisotopic (exact) mass is 485 g/mol. The number of aryl methyl sites for hydroxylation is 3. The van der Waals surface area contributed by atoms with E-state index in [4.69, 9.17) is 0 Å². The Morgan fingerprint density at radius 3 is 1.88 bits per heavy atom. The van der Waals surface area contributed by atoms with Crippen molar-refractivity contribution in [1.82, 2.24) is 4.57 Å². The van der Waals surface area contributed by atoms with Crippen LogP contribution in [0.15, 0.2) is 83.3 Å². The summed E-state index contributed by atoms with van der Waals surface area (Å²) in [5.74, 6) is 0. The normalized spacial score (nSPS) is 11.1. The van der Waals surface area contributed by atoms with E-state index in [2.05, 4.69) is 120 Å². The van der Waals surface area contributed by atoms with Gasteiger partial charge in [0, 0.05) is 10.2 Å². The van der Waals surface area contributed by atoms with Gasteiger partial charge in [0.05, 0.1) is 11.4 Å². The molecule has 0 spiro atoms. The van der Waals surface area contributed by atoms with Crippen molar-refractivity contribution in [3.8, 4) is 28.2 Å². The van der Waals surface area contributed by atoms with Gasteiger partial charge in [-0.25, -0.2) is 0 Å². The zero-order valence-electron chi connectivity index (χ0n) is 19.4. The minimum absolute atomic E-state index is 1.11. The largest absolute Gasteiger partial charge is 0.308 e. The Balaban J connectivity index is 1.78. The van der Waals surface area contributed by atoms with Gasteiger partial charge < -0.3 is 4.57 Å². The molecule has 0 saturated heterocycles. The third-order valence-electron chi connectivity index (χ3n) is 6.14. The molecule has 0 amide bonds. The van der Waals surface area contributed by atoms with Gasteiger partial charge in [-0.3, -0.25) is 0 Å². The molecule has 164 valence electrons. The van der Waals surface area contributed by atoms with Crippen LogP contribution in [0.1, 0.15) is 49.3 Å². The topological polar surface area (TPSA) is 4.93 Å². The molecular weight excluding hydrogens is 454 g/mol. The van der Waals surface area contributed by atoms with Crippen molar-refractivity contribution in [2.45, 2.75) is 52.9 Å². The van der Waals surface area contributed by atoms with Crippen LogP contribution in [0.4, 0.5) is 0 Å². The second-order valence-corrected chi connectivity index (χ2v) is 9.63. The zero-order valence-corrected chi connectivity index (χ0v) is 21.0. The first-order valence-electron chi connectivity index (χ1n) is 11.7. The summed E-state index contributed by atoms with van der Waals surface area (Å²) in [7, 11) is 0. The summed E-state index contributed by atoms with van der Waals surface area (Å²) >= 11 is 3.87. The fourth-order valence-electron chi connectivity index (χ4n) is 4.23. The molecule has 1 aromatic heterocycles. The zero-order chi connectivity index (χ0) is 22.5. The molecule has 0 saturated carbocycles. The number of unbranched alkanes of at least 4 members (excludes halogenated alkanes) is 3. The number of halogens is 1. The van der Waals surface area contributed by atoms with Crippen molar-refractivity contribution in [2.75, 3.05) is 0 Å². The summed E-state index contributed by atoms with van der Waals surface area (Å²) in [6, 6.07) is 29.0. The summed E-state index contributed by atoms with van der Waals surface area (Å²) in [5, 5.41) is 0. The molecule has 1 nitrogen and oxygen atoms in total. The van der Waals surface area contributed by atoms with Gasteiger partial charge in [-0.05, 0) is 77.5 Å². The van der Waals surface area contributed by atoms with Crippen LogP contribution in [0, 0.1) is 13.8 Å². The molecular formula is C30H32BrN. The molecule has 0 radical (unpaired) electrons. The van der Waals surface area contributed by atoms with Gasteiger partial charge in [0.1, 0.15) is 0 Å². The SMILES string of the molecule is CCCCCCc1ccc(-n2c(-c3ccc(C)cc3)cc(Br)c2-c2ccc(C)cc2)cc1. The van der Waals surface area contributed by atoms with Gasteiger partial charge in [-0.15, -0.1) is 0 Å². The molecule has 0 aliphatic carbocycles. The van der Waals surface area contributed by atoms with E-state index in [1.807, 2.05) is 0 Å². The second kappa shape index (κ2) is 10.4. The number of hydrogen-bond donors (Lipinski definition) is 0. The smallest absolute Gasteiger partial charge is 0.0677 e. The van der Waals surface area contributed by atoms with Crippen LogP contribution in [0.2, 0.25) is 0 Å². The first-order chi connectivity index (χ1) is 15.6. The molecule has 0 atom stereocenters. The Morgan fingerprint density at radius 1 is 0.688 bits per heavy atom. The molecule has 0 bridgehead atoms. The van der Waals surface area contributed by atoms with E-state index in [1.54, 1.807) is 0 Å². The second-order valence-electron chi connectivity index (χ2n) is 8.77. The number of rotatable bonds is 8. The minimum atomic E-state index is 1.11. The summed E-state index contributed by atoms with van der Waals surface area (Å²) in [6.07, 6.45) is 6.36. The lowest BCUT2D eigenvalue weighted by Crippen LogP contribution is -2.00. The highest BCUT2D eigenvalue weighted by molar-refractivity contribution is 9.10. The Kier molecular flexibility index (Phi) is 7.32. The number of nitrogens with zero attached hydrogens (tertiary/aromatic N) is 1. The lowest BCUT2D eigenvalue weighted by molar-refractivity contribution is 0.667. The standard InChI is InChI=1S/C30H32BrN/c1-4-5-6-7-8-24-13-19-27(20-14-24)32-29(25-15-9-22(2)10-16-25)21-28(31)30(32)26-17-11-23(3)12-18-26/h9-21H,4-8H2,1-3H3. The van der Waals surface area contributed by atoms with Gasteiger partial charge in [-0.1, -0.05) is 98.0 Å². The molecule has 0 fully saturated rings. The van der Waals surface area contributed by atoms with Crippen LogP contribution >= 0.6 is 15.9 Å². The Labute approximate surface area is 201 Å². The minimum Gasteiger partial charge on any atom is -0.308 e. The molecule has 4 aromatic rings. The van der Waals surface area contributed by atoms with E-state index in [9.17, 15) is 0 Å². The van der Waals surface area contributed by atoms with Gasteiger partial charge in [0.25, 0.3) is 0 Å². The summed E-state index contributed by atoms with van der Waals surface area (Å²) in [4.78, 5) is 0. The fraction of sp³-hybridized carbons (Fsp3) is 0.267. The molecule has 4 rings (SSSR count). The summed E-state index contributed by atoms with van der Waals surface area (Å²) in [5.41, 5.74) is 9.98. The van der Waals surface area contributed by atoms with E-state index in [1.165, 1.54) is 70.6 Å². The van der Waals surface area contributed by atoms with Crippen molar-refractivity contribution in [1.29, 1.82) is 0 Å². The Bertz CT molecular complexity index is 1150. The van der Waals surface area contributed by atoms with E-state index >= 15 is 0 Å². The van der Waals surface area contributed by atoms with Gasteiger partial charge in [0.15, 0.2) is 0 Å². The lowest BCUT2D eigenvalue weighted by atomic mass is 10.1. The van der Waals surface area contributed by atoms with Crippen molar-refractivity contribution < 1.29 is 0 Å². The van der Waals surface area contributed by atoms with Crippen LogP contribution in [0.3, 0.4) is 0 Å². The van der Waals surface area contributed by atoms with Crippen LogP contribution in [-0.4, -0.2) is 4.57 Å². The predicted molar refractivity (Wildman–Crippen MR) is 142 cm³/mol. The third-order valence-corrected chi connectivity index (χ3v) is 6.74. The van der Waals surface area contributed by atoms with E-state index in [0.29, 0.717) is 0 Å². The average molecular weight is 486 g/mol. The fourth-order valence-corrected chi connectivity index (χ4v) is 4.85. The van der Waals surface area contributed by atoms with Crippen molar-refractivity contribution >= 4 is 15.9 Å². The van der Waals surface area contributed by atoms with Gasteiger partial charge >= 0.3 is 0 Å². The summed E-state index contributed by atoms with van der Waals surface area (Å²) in [6.45, 7) is 6.53. The Morgan fingerprint density at radius 2 is 1.28 bits per heavy atom. The van der Waals surface area contributed by atoms with Gasteiger partial charge in [-0.2, -0.15) is 0 Å². The molecule has 0 unspecified atom stereocenters. The van der Waals surface area contributed by atoms with E-state index in [0.717, 1.165) is 10.9 Å². The van der Waals surface area contributed by atoms with Crippen LogP contribution in [-0.2, 0) is 6.42 Å². The highest BCUT2D eigenvalue weighted by Gasteiger charge is 2.18. The maximum absolute atomic E-state index is 3.87. The van der Waals surface area contributed by atoms with Gasteiger partial charge in [0.2, 0.25) is 0 Å². The molecule has 0 N–H and O–H groups in total. The molecule has 0 aliphatic heterocycles. The number of hydrogen-bond acceptors (Lipinski definition) is 0.